The maximum atomic E-state index is 13.5. The van der Waals surface area contributed by atoms with Gasteiger partial charge in [-0.2, -0.15) is 10.2 Å². The number of aromatic nitrogens is 5. The van der Waals surface area contributed by atoms with Gasteiger partial charge in [0.15, 0.2) is 0 Å². The van der Waals surface area contributed by atoms with Gasteiger partial charge in [0, 0.05) is 56.7 Å². The van der Waals surface area contributed by atoms with Crippen LogP contribution >= 0.6 is 0 Å². The molecule has 1 unspecified atom stereocenters. The van der Waals surface area contributed by atoms with Crippen molar-refractivity contribution in [1.82, 2.24) is 29.9 Å². The molecule has 2 fully saturated rings. The van der Waals surface area contributed by atoms with Crippen LogP contribution in [-0.4, -0.2) is 49.0 Å². The molecular weight excluding hydrogens is 418 g/mol. The minimum atomic E-state index is -2.57. The number of nitrogens with one attached hydrogen (secondary N) is 1. The number of amides is 1. The molecule has 2 atom stereocenters. The Morgan fingerprint density at radius 2 is 2.06 bits per heavy atom. The first kappa shape index (κ1) is 20.8. The van der Waals surface area contributed by atoms with Gasteiger partial charge in [0.2, 0.25) is 17.7 Å². The van der Waals surface area contributed by atoms with Crippen molar-refractivity contribution >= 4 is 16.8 Å². The predicted molar refractivity (Wildman–Crippen MR) is 113 cm³/mol. The average molecular weight is 444 g/mol. The van der Waals surface area contributed by atoms with Gasteiger partial charge in [-0.3, -0.25) is 14.2 Å². The Morgan fingerprint density at radius 1 is 1.28 bits per heavy atom. The number of ether oxygens (including phenoxy) is 1. The minimum Gasteiger partial charge on any atom is -0.474 e. The highest BCUT2D eigenvalue weighted by atomic mass is 19.3. The summed E-state index contributed by atoms with van der Waals surface area (Å²) in [7, 11) is 1.84. The van der Waals surface area contributed by atoms with E-state index in [2.05, 4.69) is 15.5 Å². The Kier molecular flexibility index (Phi) is 5.10. The summed E-state index contributed by atoms with van der Waals surface area (Å²) in [6, 6.07) is 1.84. The van der Waals surface area contributed by atoms with Crippen molar-refractivity contribution in [1.29, 1.82) is 0 Å². The van der Waals surface area contributed by atoms with Gasteiger partial charge >= 0.3 is 0 Å². The van der Waals surface area contributed by atoms with Gasteiger partial charge in [0.25, 0.3) is 0 Å². The number of hydrogen-bond donors (Lipinski definition) is 1. The maximum Gasteiger partial charge on any atom is 0.248 e. The Balaban J connectivity index is 1.42. The molecule has 0 spiro atoms. The molecular formula is C22H26F2N6O2. The monoisotopic (exact) mass is 444 g/mol. The summed E-state index contributed by atoms with van der Waals surface area (Å²) >= 11 is 0. The van der Waals surface area contributed by atoms with E-state index in [1.165, 1.54) is 0 Å². The number of aryl methyl sites for hydroxylation is 1. The van der Waals surface area contributed by atoms with Crippen molar-refractivity contribution in [2.75, 3.05) is 6.54 Å². The van der Waals surface area contributed by atoms with E-state index in [-0.39, 0.29) is 36.8 Å². The zero-order valence-corrected chi connectivity index (χ0v) is 18.1. The fourth-order valence-corrected chi connectivity index (χ4v) is 4.54. The molecule has 1 amide bonds. The Hall–Kier alpha value is -3.04. The van der Waals surface area contributed by atoms with E-state index in [0.717, 1.165) is 16.5 Å². The van der Waals surface area contributed by atoms with E-state index in [0.29, 0.717) is 37.4 Å². The number of carbonyl (C=O) groups is 1. The molecule has 5 rings (SSSR count). The van der Waals surface area contributed by atoms with Crippen molar-refractivity contribution in [3.63, 3.8) is 0 Å². The van der Waals surface area contributed by atoms with Gasteiger partial charge in [-0.1, -0.05) is 0 Å². The summed E-state index contributed by atoms with van der Waals surface area (Å²) in [6.07, 6.45) is 6.24. The van der Waals surface area contributed by atoms with Crippen molar-refractivity contribution in [2.45, 2.75) is 57.1 Å². The first-order chi connectivity index (χ1) is 15.3. The second-order valence-electron chi connectivity index (χ2n) is 8.94. The lowest BCUT2D eigenvalue weighted by Crippen LogP contribution is -2.26. The van der Waals surface area contributed by atoms with Gasteiger partial charge in [-0.05, 0) is 25.8 Å². The van der Waals surface area contributed by atoms with Crippen LogP contribution in [0.5, 0.6) is 5.88 Å². The van der Waals surface area contributed by atoms with Crippen LogP contribution in [0.15, 0.2) is 24.7 Å². The number of pyridine rings is 1. The van der Waals surface area contributed by atoms with E-state index >= 15 is 0 Å². The third-order valence-corrected chi connectivity index (χ3v) is 6.51. The van der Waals surface area contributed by atoms with Crippen molar-refractivity contribution in [3.05, 3.63) is 24.7 Å². The molecule has 4 heterocycles. The Labute approximate surface area is 183 Å². The third-order valence-electron chi connectivity index (χ3n) is 6.51. The molecule has 32 heavy (non-hydrogen) atoms. The van der Waals surface area contributed by atoms with Crippen molar-refractivity contribution < 1.29 is 18.3 Å². The highest BCUT2D eigenvalue weighted by molar-refractivity contribution is 5.86. The summed E-state index contributed by atoms with van der Waals surface area (Å²) in [4.78, 5) is 16.3. The highest BCUT2D eigenvalue weighted by Crippen LogP contribution is 2.39. The molecule has 1 aliphatic heterocycles. The molecule has 3 aromatic heterocycles. The van der Waals surface area contributed by atoms with Crippen molar-refractivity contribution in [2.24, 2.45) is 13.0 Å². The SMILES string of the molecule is CC(Oc1nc(-c2cnn(C3CCC(F)(F)CC3)c2)cc2nn(C)cc12)[C@H]1CNC(=O)C1. The van der Waals surface area contributed by atoms with E-state index in [1.54, 1.807) is 15.6 Å². The zero-order chi connectivity index (χ0) is 22.5. The van der Waals surface area contributed by atoms with Crippen LogP contribution in [0, 0.1) is 5.92 Å². The van der Waals surface area contributed by atoms with Gasteiger partial charge in [0.1, 0.15) is 6.10 Å². The molecule has 0 bridgehead atoms. The standard InChI is InChI=1S/C22H26F2N6O2/c1-13(14-7-20(31)25-9-14)32-21-17-12-29(2)28-19(17)8-18(27-21)15-10-26-30(11-15)16-3-5-22(23,24)6-4-16/h8,10-14,16H,3-7,9H2,1-2H3,(H,25,31)/t13?,14-/m1/s1. The lowest BCUT2D eigenvalue weighted by Gasteiger charge is -2.28. The molecule has 170 valence electrons. The molecule has 10 heteroatoms. The fourth-order valence-electron chi connectivity index (χ4n) is 4.54. The van der Waals surface area contributed by atoms with Gasteiger partial charge in [-0.25, -0.2) is 13.8 Å². The van der Waals surface area contributed by atoms with Crippen LogP contribution < -0.4 is 10.1 Å². The fraction of sp³-hybridized carbons (Fsp3) is 0.545. The maximum absolute atomic E-state index is 13.5. The molecule has 0 aromatic carbocycles. The summed E-state index contributed by atoms with van der Waals surface area (Å²) in [5.41, 5.74) is 2.18. The first-order valence-electron chi connectivity index (χ1n) is 11.0. The van der Waals surface area contributed by atoms with Crippen LogP contribution in [0.25, 0.3) is 22.2 Å². The molecule has 2 aliphatic rings. The number of carbonyl (C=O) groups excluding carboxylic acids is 1. The first-order valence-corrected chi connectivity index (χ1v) is 11.0. The topological polar surface area (TPSA) is 86.9 Å². The number of rotatable bonds is 5. The number of halogens is 2. The second kappa shape index (κ2) is 7.83. The lowest BCUT2D eigenvalue weighted by molar-refractivity contribution is -0.119. The number of hydrogen-bond acceptors (Lipinski definition) is 5. The molecule has 8 nitrogen and oxygen atoms in total. The summed E-state index contributed by atoms with van der Waals surface area (Å²) < 4.78 is 36.7. The van der Waals surface area contributed by atoms with Crippen LogP contribution in [0.3, 0.4) is 0 Å². The molecule has 1 aliphatic carbocycles. The summed E-state index contributed by atoms with van der Waals surface area (Å²) in [5, 5.41) is 12.6. The molecule has 0 radical (unpaired) electrons. The second-order valence-corrected chi connectivity index (χ2v) is 8.94. The van der Waals surface area contributed by atoms with Gasteiger partial charge in [-0.15, -0.1) is 0 Å². The van der Waals surface area contributed by atoms with Crippen LogP contribution in [-0.2, 0) is 11.8 Å². The largest absolute Gasteiger partial charge is 0.474 e. The minimum absolute atomic E-state index is 0.0339. The number of alkyl halides is 2. The third kappa shape index (κ3) is 4.05. The number of fused-ring (bicyclic) bond motifs is 1. The van der Waals surface area contributed by atoms with Gasteiger partial charge < -0.3 is 10.1 Å². The Bertz CT molecular complexity index is 1150. The van der Waals surface area contributed by atoms with Crippen molar-refractivity contribution in [3.8, 4) is 17.1 Å². The molecule has 3 aromatic rings. The van der Waals surface area contributed by atoms with Gasteiger partial charge in [0.05, 0.1) is 28.8 Å². The van der Waals surface area contributed by atoms with E-state index in [1.807, 2.05) is 32.4 Å². The number of nitrogens with zero attached hydrogens (tertiary/aromatic N) is 5. The summed E-state index contributed by atoms with van der Waals surface area (Å²) in [5.74, 6) is -2.00. The average Bonchev–Trinajstić information content (AvgIpc) is 3.47. The molecule has 1 saturated heterocycles. The van der Waals surface area contributed by atoms with Crippen LogP contribution in [0.1, 0.15) is 45.1 Å². The Morgan fingerprint density at radius 3 is 2.78 bits per heavy atom. The van der Waals surface area contributed by atoms with Crippen LogP contribution in [0.4, 0.5) is 8.78 Å². The quantitative estimate of drug-likeness (QED) is 0.651. The predicted octanol–water partition coefficient (Wildman–Crippen LogP) is 3.49. The molecule has 1 N–H and O–H groups in total. The van der Waals surface area contributed by atoms with E-state index in [4.69, 9.17) is 9.72 Å². The highest BCUT2D eigenvalue weighted by Gasteiger charge is 2.36. The van der Waals surface area contributed by atoms with E-state index in [9.17, 15) is 13.6 Å². The molecule has 1 saturated carbocycles. The van der Waals surface area contributed by atoms with Crippen LogP contribution in [0.2, 0.25) is 0 Å². The summed E-state index contributed by atoms with van der Waals surface area (Å²) in [6.45, 7) is 2.53. The van der Waals surface area contributed by atoms with E-state index < -0.39 is 5.92 Å². The zero-order valence-electron chi connectivity index (χ0n) is 18.1. The smallest absolute Gasteiger partial charge is 0.248 e. The lowest BCUT2D eigenvalue weighted by atomic mass is 9.92. The normalized spacial score (nSPS) is 22.2.